The van der Waals surface area contributed by atoms with Gasteiger partial charge in [0.1, 0.15) is 0 Å². The second kappa shape index (κ2) is 1.41. The molecule has 0 aliphatic heterocycles. The van der Waals surface area contributed by atoms with Gasteiger partial charge in [0, 0.05) is 0 Å². The Hall–Kier alpha value is 0. The summed E-state index contributed by atoms with van der Waals surface area (Å²) < 4.78 is 0. The van der Waals surface area contributed by atoms with E-state index in [4.69, 9.17) is 0 Å². The fraction of sp³-hybridized carbons (Fsp3) is 1.00. The molecule has 4 aliphatic rings. The summed E-state index contributed by atoms with van der Waals surface area (Å²) in [5, 5.41) is 0. The standard InChI is InChI=1S/C11H18/c1-7-10(2,3)9-8-4-5-11(7,9)6-8/h7-9H,4-6H2,1-3H3. The normalized spacial score (nSPS) is 63.0. The molecule has 0 aromatic rings. The zero-order valence-electron chi connectivity index (χ0n) is 7.85. The molecular weight excluding hydrogens is 132 g/mol. The number of rotatable bonds is 0. The van der Waals surface area contributed by atoms with Gasteiger partial charge in [-0.2, -0.15) is 0 Å². The van der Waals surface area contributed by atoms with Crippen LogP contribution in [0.1, 0.15) is 40.0 Å². The van der Waals surface area contributed by atoms with Crippen molar-refractivity contribution >= 4 is 0 Å². The molecule has 62 valence electrons. The van der Waals surface area contributed by atoms with Gasteiger partial charge < -0.3 is 0 Å². The smallest absolute Gasteiger partial charge is 0.0228 e. The maximum atomic E-state index is 2.48. The summed E-state index contributed by atoms with van der Waals surface area (Å²) in [6.07, 6.45) is 4.70. The van der Waals surface area contributed by atoms with E-state index < -0.39 is 0 Å². The van der Waals surface area contributed by atoms with Crippen LogP contribution in [0, 0.1) is 28.6 Å². The Morgan fingerprint density at radius 2 is 2.00 bits per heavy atom. The van der Waals surface area contributed by atoms with Crippen LogP contribution in [0.15, 0.2) is 0 Å². The number of hydrogen-bond acceptors (Lipinski definition) is 0. The van der Waals surface area contributed by atoms with Gasteiger partial charge in [-0.15, -0.1) is 0 Å². The molecule has 0 aromatic carbocycles. The first kappa shape index (κ1) is 6.51. The van der Waals surface area contributed by atoms with Crippen LogP contribution in [0.4, 0.5) is 0 Å². The van der Waals surface area contributed by atoms with Crippen molar-refractivity contribution in [1.82, 2.24) is 0 Å². The lowest BCUT2D eigenvalue weighted by molar-refractivity contribution is -0.241. The Morgan fingerprint density at radius 1 is 1.27 bits per heavy atom. The van der Waals surface area contributed by atoms with Crippen molar-refractivity contribution in [3.8, 4) is 0 Å². The predicted octanol–water partition coefficient (Wildman–Crippen LogP) is 3.08. The van der Waals surface area contributed by atoms with Crippen molar-refractivity contribution < 1.29 is 0 Å². The Balaban J connectivity index is 2.01. The molecule has 11 heavy (non-hydrogen) atoms. The average Bonchev–Trinajstić information content (AvgIpc) is 2.39. The van der Waals surface area contributed by atoms with Crippen molar-refractivity contribution in [2.24, 2.45) is 28.6 Å². The molecule has 0 aromatic heterocycles. The monoisotopic (exact) mass is 150 g/mol. The molecule has 4 fully saturated rings. The lowest BCUT2D eigenvalue weighted by Crippen LogP contribution is -2.66. The van der Waals surface area contributed by atoms with Crippen molar-refractivity contribution in [2.75, 3.05) is 0 Å². The molecule has 2 bridgehead atoms. The van der Waals surface area contributed by atoms with E-state index in [1.54, 1.807) is 19.3 Å². The maximum Gasteiger partial charge on any atom is -0.0228 e. The maximum absolute atomic E-state index is 2.48. The second-order valence-corrected chi connectivity index (χ2v) is 5.76. The fourth-order valence-electron chi connectivity index (χ4n) is 4.95. The molecule has 0 amide bonds. The lowest BCUT2D eigenvalue weighted by atomic mass is 9.32. The molecule has 0 nitrogen and oxygen atoms in total. The van der Waals surface area contributed by atoms with E-state index in [-0.39, 0.29) is 0 Å². The van der Waals surface area contributed by atoms with Crippen LogP contribution >= 0.6 is 0 Å². The first-order valence-electron chi connectivity index (χ1n) is 5.09. The van der Waals surface area contributed by atoms with Crippen LogP contribution in [0.2, 0.25) is 0 Å². The van der Waals surface area contributed by atoms with Gasteiger partial charge in [0.25, 0.3) is 0 Å². The lowest BCUT2D eigenvalue weighted by Gasteiger charge is -2.72. The van der Waals surface area contributed by atoms with Gasteiger partial charge in [-0.3, -0.25) is 0 Å². The van der Waals surface area contributed by atoms with Crippen LogP contribution in [-0.2, 0) is 0 Å². The highest BCUT2D eigenvalue weighted by Crippen LogP contribution is 2.82. The molecule has 1 spiro atoms. The van der Waals surface area contributed by atoms with Gasteiger partial charge in [-0.05, 0) is 47.8 Å². The first-order chi connectivity index (χ1) is 5.09. The van der Waals surface area contributed by atoms with E-state index in [2.05, 4.69) is 20.8 Å². The van der Waals surface area contributed by atoms with Crippen LogP contribution in [0.3, 0.4) is 0 Å². The van der Waals surface area contributed by atoms with Crippen LogP contribution in [0.5, 0.6) is 0 Å². The van der Waals surface area contributed by atoms with E-state index in [1.165, 1.54) is 0 Å². The highest BCUT2D eigenvalue weighted by molar-refractivity contribution is 5.23. The summed E-state index contributed by atoms with van der Waals surface area (Å²) in [5.41, 5.74) is 1.56. The van der Waals surface area contributed by atoms with Gasteiger partial charge in [0.15, 0.2) is 0 Å². The third kappa shape index (κ3) is 0.421. The minimum atomic E-state index is 0.694. The van der Waals surface area contributed by atoms with E-state index in [0.717, 1.165) is 23.2 Å². The molecule has 4 unspecified atom stereocenters. The number of fused-ring (bicyclic) bond motifs is 1. The molecule has 0 heterocycles. The Bertz CT molecular complexity index is 212. The third-order valence-corrected chi connectivity index (χ3v) is 5.49. The minimum absolute atomic E-state index is 0.694. The van der Waals surface area contributed by atoms with E-state index in [9.17, 15) is 0 Å². The molecule has 4 aliphatic carbocycles. The van der Waals surface area contributed by atoms with E-state index in [1.807, 2.05) is 0 Å². The van der Waals surface area contributed by atoms with Crippen LogP contribution < -0.4 is 0 Å². The van der Waals surface area contributed by atoms with Gasteiger partial charge in [0.2, 0.25) is 0 Å². The molecule has 0 radical (unpaired) electrons. The largest absolute Gasteiger partial charge is 0.0614 e. The molecule has 4 rings (SSSR count). The van der Waals surface area contributed by atoms with Gasteiger partial charge in [0.05, 0.1) is 0 Å². The summed E-state index contributed by atoms with van der Waals surface area (Å²) in [4.78, 5) is 0. The Morgan fingerprint density at radius 3 is 2.55 bits per heavy atom. The topological polar surface area (TPSA) is 0 Å². The third-order valence-electron chi connectivity index (χ3n) is 5.49. The van der Waals surface area contributed by atoms with Crippen LogP contribution in [0.25, 0.3) is 0 Å². The highest BCUT2D eigenvalue weighted by atomic mass is 14.8. The molecule has 0 saturated heterocycles. The second-order valence-electron chi connectivity index (χ2n) is 5.76. The molecule has 0 N–H and O–H groups in total. The SMILES string of the molecule is CC1C(C)(C)C2C3CCC12C3. The summed E-state index contributed by atoms with van der Waals surface area (Å²) >= 11 is 0. The summed E-state index contributed by atoms with van der Waals surface area (Å²) in [7, 11) is 0. The first-order valence-corrected chi connectivity index (χ1v) is 5.09. The Labute approximate surface area is 69.4 Å². The molecule has 4 atom stereocenters. The van der Waals surface area contributed by atoms with E-state index in [0.29, 0.717) is 5.41 Å². The van der Waals surface area contributed by atoms with Gasteiger partial charge >= 0.3 is 0 Å². The minimum Gasteiger partial charge on any atom is -0.0614 e. The zero-order chi connectivity index (χ0) is 7.85. The number of hydrogen-bond donors (Lipinski definition) is 0. The van der Waals surface area contributed by atoms with Gasteiger partial charge in [-0.1, -0.05) is 20.8 Å². The van der Waals surface area contributed by atoms with E-state index >= 15 is 0 Å². The molecule has 4 saturated carbocycles. The van der Waals surface area contributed by atoms with Crippen LogP contribution in [-0.4, -0.2) is 0 Å². The highest BCUT2D eigenvalue weighted by Gasteiger charge is 2.75. The van der Waals surface area contributed by atoms with Crippen molar-refractivity contribution in [1.29, 1.82) is 0 Å². The molecule has 0 heteroatoms. The van der Waals surface area contributed by atoms with Gasteiger partial charge in [-0.25, -0.2) is 0 Å². The zero-order valence-corrected chi connectivity index (χ0v) is 7.85. The van der Waals surface area contributed by atoms with Crippen molar-refractivity contribution in [3.05, 3.63) is 0 Å². The molecular formula is C11H18. The quantitative estimate of drug-likeness (QED) is 0.498. The average molecular weight is 150 g/mol. The summed E-state index contributed by atoms with van der Waals surface area (Å²) in [6, 6.07) is 0. The summed E-state index contributed by atoms with van der Waals surface area (Å²) in [6.45, 7) is 7.45. The Kier molecular flexibility index (Phi) is 0.832. The fourth-order valence-corrected chi connectivity index (χ4v) is 4.95. The van der Waals surface area contributed by atoms with Crippen molar-refractivity contribution in [3.63, 3.8) is 0 Å². The van der Waals surface area contributed by atoms with Crippen molar-refractivity contribution in [2.45, 2.75) is 40.0 Å². The predicted molar refractivity (Wildman–Crippen MR) is 46.2 cm³/mol. The summed E-state index contributed by atoms with van der Waals surface area (Å²) in [5.74, 6) is 3.28.